The van der Waals surface area contributed by atoms with Crippen LogP contribution in [-0.4, -0.2) is 50.1 Å². The van der Waals surface area contributed by atoms with E-state index < -0.39 is 0 Å². The molecule has 1 fully saturated rings. The highest BCUT2D eigenvalue weighted by Gasteiger charge is 2.27. The first kappa shape index (κ1) is 16.3. The molecule has 0 saturated carbocycles. The first-order valence-corrected chi connectivity index (χ1v) is 9.02. The highest BCUT2D eigenvalue weighted by atomic mass is 16.2. The minimum atomic E-state index is 0.272. The Bertz CT molecular complexity index is 537. The Kier molecular flexibility index (Phi) is 5.21. The molecule has 1 amide bonds. The highest BCUT2D eigenvalue weighted by Crippen LogP contribution is 2.33. The van der Waals surface area contributed by atoms with Gasteiger partial charge in [0.15, 0.2) is 0 Å². The number of para-hydroxylation sites is 2. The number of amides is 1. The van der Waals surface area contributed by atoms with Crippen LogP contribution in [0.25, 0.3) is 0 Å². The third kappa shape index (κ3) is 3.86. The molecule has 4 nitrogen and oxygen atoms in total. The molecule has 126 valence electrons. The summed E-state index contributed by atoms with van der Waals surface area (Å²) >= 11 is 0. The summed E-state index contributed by atoms with van der Waals surface area (Å²) < 4.78 is 0. The fraction of sp³-hybridized carbons (Fsp3) is 0.632. The molecule has 0 aliphatic carbocycles. The SMILES string of the molecule is CC(C)CN1CCN(C(=O)CCN2CCCC2)c2ccccc21. The summed E-state index contributed by atoms with van der Waals surface area (Å²) in [5.41, 5.74) is 2.30. The van der Waals surface area contributed by atoms with E-state index in [1.807, 2.05) is 11.0 Å². The van der Waals surface area contributed by atoms with Crippen molar-refractivity contribution in [3.05, 3.63) is 24.3 Å². The van der Waals surface area contributed by atoms with Crippen LogP contribution in [0.4, 0.5) is 11.4 Å². The second-order valence-corrected chi connectivity index (χ2v) is 7.17. The predicted molar refractivity (Wildman–Crippen MR) is 96.1 cm³/mol. The second-order valence-electron chi connectivity index (χ2n) is 7.17. The fourth-order valence-corrected chi connectivity index (χ4v) is 3.71. The van der Waals surface area contributed by atoms with Crippen LogP contribution in [0, 0.1) is 5.92 Å². The van der Waals surface area contributed by atoms with Crippen molar-refractivity contribution in [1.82, 2.24) is 4.90 Å². The standard InChI is InChI=1S/C19H29N3O/c1-16(2)15-21-13-14-22(18-8-4-3-7-17(18)21)19(23)9-12-20-10-5-6-11-20/h3-4,7-8,16H,5-6,9-15H2,1-2H3. The van der Waals surface area contributed by atoms with Gasteiger partial charge in [-0.1, -0.05) is 26.0 Å². The van der Waals surface area contributed by atoms with Crippen molar-refractivity contribution >= 4 is 17.3 Å². The van der Waals surface area contributed by atoms with Crippen molar-refractivity contribution in [2.24, 2.45) is 5.92 Å². The molecular weight excluding hydrogens is 286 g/mol. The summed E-state index contributed by atoms with van der Waals surface area (Å²) in [7, 11) is 0. The first-order valence-electron chi connectivity index (χ1n) is 9.02. The van der Waals surface area contributed by atoms with Crippen LogP contribution in [0.3, 0.4) is 0 Å². The number of hydrogen-bond acceptors (Lipinski definition) is 3. The van der Waals surface area contributed by atoms with E-state index in [1.54, 1.807) is 0 Å². The molecule has 1 aromatic rings. The summed E-state index contributed by atoms with van der Waals surface area (Å²) in [6.45, 7) is 10.5. The van der Waals surface area contributed by atoms with E-state index in [1.165, 1.54) is 18.5 Å². The lowest BCUT2D eigenvalue weighted by Gasteiger charge is -2.38. The van der Waals surface area contributed by atoms with Gasteiger partial charge < -0.3 is 14.7 Å². The van der Waals surface area contributed by atoms with Gasteiger partial charge in [-0.25, -0.2) is 0 Å². The van der Waals surface area contributed by atoms with Crippen LogP contribution in [0.1, 0.15) is 33.1 Å². The van der Waals surface area contributed by atoms with Gasteiger partial charge in [-0.3, -0.25) is 4.79 Å². The Labute approximate surface area is 140 Å². The third-order valence-electron chi connectivity index (χ3n) is 4.83. The molecule has 0 radical (unpaired) electrons. The number of carbonyl (C=O) groups is 1. The van der Waals surface area contributed by atoms with Gasteiger partial charge in [-0.2, -0.15) is 0 Å². The molecule has 0 spiro atoms. The monoisotopic (exact) mass is 315 g/mol. The van der Waals surface area contributed by atoms with Crippen LogP contribution >= 0.6 is 0 Å². The number of hydrogen-bond donors (Lipinski definition) is 0. The molecule has 23 heavy (non-hydrogen) atoms. The topological polar surface area (TPSA) is 26.8 Å². The van der Waals surface area contributed by atoms with E-state index >= 15 is 0 Å². The summed E-state index contributed by atoms with van der Waals surface area (Å²) in [4.78, 5) is 19.6. The van der Waals surface area contributed by atoms with Crippen LogP contribution in [0.2, 0.25) is 0 Å². The average Bonchev–Trinajstić information content (AvgIpc) is 3.06. The molecule has 4 heteroatoms. The Morgan fingerprint density at radius 1 is 1.04 bits per heavy atom. The zero-order valence-corrected chi connectivity index (χ0v) is 14.5. The summed E-state index contributed by atoms with van der Waals surface area (Å²) in [6.07, 6.45) is 3.20. The number of likely N-dealkylation sites (tertiary alicyclic amines) is 1. The van der Waals surface area contributed by atoms with Gasteiger partial charge in [0.1, 0.15) is 0 Å². The van der Waals surface area contributed by atoms with E-state index in [2.05, 4.69) is 41.8 Å². The van der Waals surface area contributed by atoms with Crippen molar-refractivity contribution in [3.8, 4) is 0 Å². The van der Waals surface area contributed by atoms with Gasteiger partial charge in [0.25, 0.3) is 0 Å². The lowest BCUT2D eigenvalue weighted by molar-refractivity contribution is -0.118. The Balaban J connectivity index is 1.68. The zero-order valence-electron chi connectivity index (χ0n) is 14.5. The molecule has 0 aromatic heterocycles. The number of anilines is 2. The highest BCUT2D eigenvalue weighted by molar-refractivity contribution is 5.98. The fourth-order valence-electron chi connectivity index (χ4n) is 3.71. The maximum absolute atomic E-state index is 12.7. The first-order chi connectivity index (χ1) is 11.1. The van der Waals surface area contributed by atoms with Gasteiger partial charge in [0.2, 0.25) is 5.91 Å². The lowest BCUT2D eigenvalue weighted by atomic mass is 10.1. The molecule has 2 aliphatic rings. The molecule has 2 aliphatic heterocycles. The number of carbonyl (C=O) groups excluding carboxylic acids is 1. The zero-order chi connectivity index (χ0) is 16.2. The van der Waals surface area contributed by atoms with Gasteiger partial charge in [0, 0.05) is 32.6 Å². The molecule has 0 bridgehead atoms. The molecule has 1 saturated heterocycles. The minimum Gasteiger partial charge on any atom is -0.368 e. The Morgan fingerprint density at radius 2 is 1.74 bits per heavy atom. The number of benzene rings is 1. The van der Waals surface area contributed by atoms with Crippen LogP contribution < -0.4 is 9.80 Å². The molecule has 3 rings (SSSR count). The molecule has 1 aromatic carbocycles. The van der Waals surface area contributed by atoms with E-state index in [0.717, 1.165) is 45.0 Å². The quantitative estimate of drug-likeness (QED) is 0.836. The summed E-state index contributed by atoms with van der Waals surface area (Å²) in [6, 6.07) is 8.36. The Morgan fingerprint density at radius 3 is 2.43 bits per heavy atom. The van der Waals surface area contributed by atoms with Crippen LogP contribution in [0.5, 0.6) is 0 Å². The Hall–Kier alpha value is -1.55. The van der Waals surface area contributed by atoms with Crippen molar-refractivity contribution in [2.45, 2.75) is 33.1 Å². The van der Waals surface area contributed by atoms with Crippen molar-refractivity contribution < 1.29 is 4.79 Å². The molecular formula is C19H29N3O. The maximum atomic E-state index is 12.7. The minimum absolute atomic E-state index is 0.272. The number of fused-ring (bicyclic) bond motifs is 1. The maximum Gasteiger partial charge on any atom is 0.228 e. The van der Waals surface area contributed by atoms with E-state index in [4.69, 9.17) is 0 Å². The van der Waals surface area contributed by atoms with Crippen molar-refractivity contribution in [3.63, 3.8) is 0 Å². The molecule has 0 atom stereocenters. The summed E-state index contributed by atoms with van der Waals surface area (Å²) in [5, 5.41) is 0. The van der Waals surface area contributed by atoms with E-state index in [0.29, 0.717) is 12.3 Å². The normalized spacial score (nSPS) is 18.6. The van der Waals surface area contributed by atoms with Crippen molar-refractivity contribution in [1.29, 1.82) is 0 Å². The number of nitrogens with zero attached hydrogens (tertiary/aromatic N) is 3. The van der Waals surface area contributed by atoms with E-state index in [-0.39, 0.29) is 5.91 Å². The number of rotatable bonds is 5. The molecule has 0 N–H and O–H groups in total. The predicted octanol–water partition coefficient (Wildman–Crippen LogP) is 2.98. The molecule has 2 heterocycles. The average molecular weight is 315 g/mol. The lowest BCUT2D eigenvalue weighted by Crippen LogP contribution is -2.45. The largest absolute Gasteiger partial charge is 0.368 e. The van der Waals surface area contributed by atoms with E-state index in [9.17, 15) is 4.79 Å². The van der Waals surface area contributed by atoms with Gasteiger partial charge >= 0.3 is 0 Å². The third-order valence-corrected chi connectivity index (χ3v) is 4.83. The van der Waals surface area contributed by atoms with Crippen LogP contribution in [-0.2, 0) is 4.79 Å². The van der Waals surface area contributed by atoms with Crippen LogP contribution in [0.15, 0.2) is 24.3 Å². The smallest absolute Gasteiger partial charge is 0.228 e. The second kappa shape index (κ2) is 7.35. The van der Waals surface area contributed by atoms with Gasteiger partial charge in [-0.05, 0) is 44.0 Å². The summed E-state index contributed by atoms with van der Waals surface area (Å²) in [5.74, 6) is 0.897. The van der Waals surface area contributed by atoms with Gasteiger partial charge in [0.05, 0.1) is 11.4 Å². The molecule has 0 unspecified atom stereocenters. The van der Waals surface area contributed by atoms with Crippen molar-refractivity contribution in [2.75, 3.05) is 49.1 Å². The van der Waals surface area contributed by atoms with Gasteiger partial charge in [-0.15, -0.1) is 0 Å².